The molecule has 0 aliphatic rings. The summed E-state index contributed by atoms with van der Waals surface area (Å²) in [5.41, 5.74) is 3.75. The second-order valence-corrected chi connectivity index (χ2v) is 5.17. The number of pyridine rings is 1. The van der Waals surface area contributed by atoms with Crippen LogP contribution in [0.1, 0.15) is 0 Å². The van der Waals surface area contributed by atoms with E-state index in [4.69, 9.17) is 9.40 Å². The van der Waals surface area contributed by atoms with E-state index >= 15 is 0 Å². The molecule has 0 aliphatic heterocycles. The van der Waals surface area contributed by atoms with Crippen LogP contribution in [0.25, 0.3) is 34.0 Å². The fourth-order valence-corrected chi connectivity index (χ4v) is 2.51. The van der Waals surface area contributed by atoms with Gasteiger partial charge in [0, 0.05) is 23.5 Å². The maximum absolute atomic E-state index is 6.09. The SMILES string of the molecule is c1ccc(-c2nc(-c3cccnc3)oc2-c2ccccc2)cc1. The van der Waals surface area contributed by atoms with Gasteiger partial charge in [-0.05, 0) is 12.1 Å². The van der Waals surface area contributed by atoms with Gasteiger partial charge in [-0.25, -0.2) is 4.98 Å². The monoisotopic (exact) mass is 298 g/mol. The fraction of sp³-hybridized carbons (Fsp3) is 0. The topological polar surface area (TPSA) is 38.9 Å². The van der Waals surface area contributed by atoms with Crippen LogP contribution in [-0.4, -0.2) is 9.97 Å². The van der Waals surface area contributed by atoms with Gasteiger partial charge in [-0.1, -0.05) is 60.7 Å². The minimum atomic E-state index is 0.579. The zero-order valence-corrected chi connectivity index (χ0v) is 12.4. The number of rotatable bonds is 3. The van der Waals surface area contributed by atoms with Crippen LogP contribution < -0.4 is 0 Å². The molecule has 23 heavy (non-hydrogen) atoms. The maximum Gasteiger partial charge on any atom is 0.228 e. The van der Waals surface area contributed by atoms with E-state index in [1.807, 2.05) is 72.8 Å². The Morgan fingerprint density at radius 2 is 1.30 bits per heavy atom. The van der Waals surface area contributed by atoms with Crippen molar-refractivity contribution in [2.75, 3.05) is 0 Å². The Kier molecular flexibility index (Phi) is 3.45. The molecule has 0 radical (unpaired) electrons. The van der Waals surface area contributed by atoms with Crippen LogP contribution in [0, 0.1) is 0 Å². The summed E-state index contributed by atoms with van der Waals surface area (Å²) < 4.78 is 6.09. The average molecular weight is 298 g/mol. The van der Waals surface area contributed by atoms with Gasteiger partial charge in [0.2, 0.25) is 5.89 Å². The van der Waals surface area contributed by atoms with Crippen molar-refractivity contribution in [1.29, 1.82) is 0 Å². The number of nitrogens with zero attached hydrogens (tertiary/aromatic N) is 2. The molecule has 110 valence electrons. The molecule has 0 bridgehead atoms. The van der Waals surface area contributed by atoms with E-state index in [1.54, 1.807) is 12.4 Å². The van der Waals surface area contributed by atoms with E-state index in [-0.39, 0.29) is 0 Å². The summed E-state index contributed by atoms with van der Waals surface area (Å²) in [6.07, 6.45) is 3.50. The lowest BCUT2D eigenvalue weighted by atomic mass is 10.1. The van der Waals surface area contributed by atoms with Crippen LogP contribution in [0.15, 0.2) is 89.6 Å². The predicted molar refractivity (Wildman–Crippen MR) is 90.6 cm³/mol. The highest BCUT2D eigenvalue weighted by atomic mass is 16.4. The van der Waals surface area contributed by atoms with E-state index in [0.29, 0.717) is 5.89 Å². The first kappa shape index (κ1) is 13.5. The molecule has 4 rings (SSSR count). The minimum Gasteiger partial charge on any atom is -0.435 e. The molecule has 3 heteroatoms. The van der Waals surface area contributed by atoms with Crippen molar-refractivity contribution in [1.82, 2.24) is 9.97 Å². The van der Waals surface area contributed by atoms with Crippen molar-refractivity contribution < 1.29 is 4.42 Å². The zero-order valence-electron chi connectivity index (χ0n) is 12.4. The van der Waals surface area contributed by atoms with Crippen molar-refractivity contribution >= 4 is 0 Å². The van der Waals surface area contributed by atoms with Gasteiger partial charge in [-0.15, -0.1) is 0 Å². The van der Waals surface area contributed by atoms with Crippen molar-refractivity contribution in [2.45, 2.75) is 0 Å². The highest BCUT2D eigenvalue weighted by Gasteiger charge is 2.17. The average Bonchev–Trinajstić information content (AvgIpc) is 3.09. The Morgan fingerprint density at radius 1 is 0.652 bits per heavy atom. The lowest BCUT2D eigenvalue weighted by Gasteiger charge is -2.00. The summed E-state index contributed by atoms with van der Waals surface area (Å²) in [4.78, 5) is 8.87. The van der Waals surface area contributed by atoms with Gasteiger partial charge in [-0.3, -0.25) is 4.98 Å². The summed E-state index contributed by atoms with van der Waals surface area (Å²) >= 11 is 0. The Balaban J connectivity index is 1.91. The fourth-order valence-electron chi connectivity index (χ4n) is 2.51. The molecule has 2 heterocycles. The lowest BCUT2D eigenvalue weighted by molar-refractivity contribution is 0.589. The van der Waals surface area contributed by atoms with Gasteiger partial charge in [-0.2, -0.15) is 0 Å². The number of aromatic nitrogens is 2. The predicted octanol–water partition coefficient (Wildman–Crippen LogP) is 5.07. The van der Waals surface area contributed by atoms with Crippen LogP contribution in [-0.2, 0) is 0 Å². The number of oxazole rings is 1. The smallest absolute Gasteiger partial charge is 0.228 e. The van der Waals surface area contributed by atoms with Crippen LogP contribution in [0.5, 0.6) is 0 Å². The Morgan fingerprint density at radius 3 is 1.96 bits per heavy atom. The maximum atomic E-state index is 6.09. The number of hydrogen-bond acceptors (Lipinski definition) is 3. The molecule has 0 spiro atoms. The highest BCUT2D eigenvalue weighted by Crippen LogP contribution is 2.35. The molecular formula is C20H14N2O. The summed E-state index contributed by atoms with van der Waals surface area (Å²) in [6, 6.07) is 23.9. The van der Waals surface area contributed by atoms with Crippen molar-refractivity contribution in [3.05, 3.63) is 85.2 Å². The second kappa shape index (κ2) is 5.89. The Hall–Kier alpha value is -3.20. The summed E-state index contributed by atoms with van der Waals surface area (Å²) in [7, 11) is 0. The molecule has 2 aromatic carbocycles. The lowest BCUT2D eigenvalue weighted by Crippen LogP contribution is -1.82. The molecule has 0 fully saturated rings. The van der Waals surface area contributed by atoms with Gasteiger partial charge in [0.25, 0.3) is 0 Å². The molecule has 4 aromatic rings. The van der Waals surface area contributed by atoms with Gasteiger partial charge in [0.15, 0.2) is 5.76 Å². The van der Waals surface area contributed by atoms with Crippen molar-refractivity contribution in [3.63, 3.8) is 0 Å². The van der Waals surface area contributed by atoms with E-state index in [0.717, 1.165) is 28.1 Å². The molecule has 0 saturated carbocycles. The Bertz CT molecular complexity index is 843. The molecule has 0 unspecified atom stereocenters. The quantitative estimate of drug-likeness (QED) is 0.530. The molecule has 3 nitrogen and oxygen atoms in total. The largest absolute Gasteiger partial charge is 0.435 e. The first-order chi connectivity index (χ1) is 11.4. The minimum absolute atomic E-state index is 0.579. The van der Waals surface area contributed by atoms with Crippen LogP contribution in [0.3, 0.4) is 0 Å². The third-order valence-electron chi connectivity index (χ3n) is 3.62. The summed E-state index contributed by atoms with van der Waals surface area (Å²) in [5, 5.41) is 0. The van der Waals surface area contributed by atoms with Crippen molar-refractivity contribution in [3.8, 4) is 34.0 Å². The van der Waals surface area contributed by atoms with E-state index in [2.05, 4.69) is 4.98 Å². The zero-order chi connectivity index (χ0) is 15.5. The molecule has 0 N–H and O–H groups in total. The molecule has 0 aliphatic carbocycles. The Labute approximate surface area is 134 Å². The molecule has 0 amide bonds. The third kappa shape index (κ3) is 2.64. The van der Waals surface area contributed by atoms with Crippen molar-refractivity contribution in [2.24, 2.45) is 0 Å². The second-order valence-electron chi connectivity index (χ2n) is 5.17. The summed E-state index contributed by atoms with van der Waals surface area (Å²) in [6.45, 7) is 0. The van der Waals surface area contributed by atoms with Crippen LogP contribution >= 0.6 is 0 Å². The van der Waals surface area contributed by atoms with Gasteiger partial charge in [0.1, 0.15) is 5.69 Å². The standard InChI is InChI=1S/C20H14N2O/c1-3-8-15(9-4-1)18-19(16-10-5-2-6-11-16)23-20(22-18)17-12-7-13-21-14-17/h1-14H. The molecule has 2 aromatic heterocycles. The molecule has 0 atom stereocenters. The first-order valence-electron chi connectivity index (χ1n) is 7.44. The van der Waals surface area contributed by atoms with Crippen LogP contribution in [0.2, 0.25) is 0 Å². The van der Waals surface area contributed by atoms with E-state index < -0.39 is 0 Å². The normalized spacial score (nSPS) is 10.6. The third-order valence-corrected chi connectivity index (χ3v) is 3.62. The molecular weight excluding hydrogens is 284 g/mol. The van der Waals surface area contributed by atoms with Crippen LogP contribution in [0.4, 0.5) is 0 Å². The van der Waals surface area contributed by atoms with Gasteiger partial charge >= 0.3 is 0 Å². The number of benzene rings is 2. The van der Waals surface area contributed by atoms with E-state index in [1.165, 1.54) is 0 Å². The van der Waals surface area contributed by atoms with Gasteiger partial charge < -0.3 is 4.42 Å². The highest BCUT2D eigenvalue weighted by molar-refractivity contribution is 5.78. The summed E-state index contributed by atoms with van der Waals surface area (Å²) in [5.74, 6) is 1.35. The molecule has 0 saturated heterocycles. The van der Waals surface area contributed by atoms with Gasteiger partial charge in [0.05, 0.1) is 5.56 Å². The first-order valence-corrected chi connectivity index (χ1v) is 7.44. The number of hydrogen-bond donors (Lipinski definition) is 0. The van der Waals surface area contributed by atoms with E-state index in [9.17, 15) is 0 Å².